The molecule has 2 aromatic heterocycles. The molecule has 1 saturated carbocycles. The summed E-state index contributed by atoms with van der Waals surface area (Å²) in [5.74, 6) is -1.27. The first kappa shape index (κ1) is 35.0. The number of benzene rings is 3. The van der Waals surface area contributed by atoms with Crippen LogP contribution in [0.4, 0.5) is 33.9 Å². The van der Waals surface area contributed by atoms with Gasteiger partial charge in [0.25, 0.3) is 5.91 Å². The van der Waals surface area contributed by atoms with E-state index in [1.54, 1.807) is 36.4 Å². The van der Waals surface area contributed by atoms with Crippen LogP contribution < -0.4 is 16.0 Å². The van der Waals surface area contributed by atoms with Crippen molar-refractivity contribution in [2.24, 2.45) is 5.92 Å². The zero-order valence-electron chi connectivity index (χ0n) is 27.4. The molecule has 0 spiro atoms. The first-order valence-electron chi connectivity index (χ1n) is 16.4. The minimum Gasteiger partial charge on any atom is -0.449 e. The molecule has 0 saturated heterocycles. The third-order valence-corrected chi connectivity index (χ3v) is 8.41. The van der Waals surface area contributed by atoms with Gasteiger partial charge < -0.3 is 15.4 Å². The van der Waals surface area contributed by atoms with Gasteiger partial charge >= 0.3 is 12.3 Å². The molecule has 51 heavy (non-hydrogen) atoms. The number of carbonyl (C=O) groups excluding carboxylic acids is 2. The minimum atomic E-state index is -4.91. The maximum absolute atomic E-state index is 15.3. The highest BCUT2D eigenvalue weighted by atomic mass is 19.4. The first-order chi connectivity index (χ1) is 24.5. The third-order valence-electron chi connectivity index (χ3n) is 8.41. The second kappa shape index (κ2) is 15.0. The van der Waals surface area contributed by atoms with Gasteiger partial charge in [-0.1, -0.05) is 37.6 Å². The zero-order valence-corrected chi connectivity index (χ0v) is 27.4. The van der Waals surface area contributed by atoms with E-state index in [2.05, 4.69) is 32.1 Å². The van der Waals surface area contributed by atoms with Crippen LogP contribution in [0.3, 0.4) is 0 Å². The number of hydrogen-bond acceptors (Lipinski definition) is 7. The molecule has 0 aliphatic heterocycles. The summed E-state index contributed by atoms with van der Waals surface area (Å²) < 4.78 is 63.1. The average Bonchev–Trinajstić information content (AvgIpc) is 3.83. The van der Waals surface area contributed by atoms with E-state index >= 15 is 4.39 Å². The zero-order chi connectivity index (χ0) is 36.1. The van der Waals surface area contributed by atoms with Crippen molar-refractivity contribution in [2.45, 2.75) is 44.8 Å². The summed E-state index contributed by atoms with van der Waals surface area (Å²) in [5, 5.41) is 22.6. The molecule has 2 heterocycles. The Morgan fingerprint density at radius 2 is 1.84 bits per heavy atom. The smallest absolute Gasteiger partial charge is 0.435 e. The van der Waals surface area contributed by atoms with Crippen LogP contribution in [0.5, 0.6) is 0 Å². The molecule has 10 nitrogen and oxygen atoms in total. The van der Waals surface area contributed by atoms with E-state index in [1.807, 2.05) is 13.0 Å². The van der Waals surface area contributed by atoms with E-state index in [4.69, 9.17) is 4.74 Å². The number of pyridine rings is 1. The number of aromatic nitrogens is 3. The molecule has 6 rings (SSSR count). The third kappa shape index (κ3) is 8.33. The summed E-state index contributed by atoms with van der Waals surface area (Å²) in [4.78, 5) is 30.3. The number of unbranched alkanes of at least 4 members (excludes halogenated alkanes) is 1. The number of ether oxygens (including phenoxy) is 1. The van der Waals surface area contributed by atoms with Crippen molar-refractivity contribution in [3.05, 3.63) is 113 Å². The first-order valence-corrected chi connectivity index (χ1v) is 16.4. The Kier molecular flexibility index (Phi) is 10.3. The molecule has 14 heteroatoms. The number of rotatable bonds is 12. The van der Waals surface area contributed by atoms with Crippen LogP contribution in [0.1, 0.15) is 71.5 Å². The van der Waals surface area contributed by atoms with E-state index in [1.165, 1.54) is 30.5 Å². The van der Waals surface area contributed by atoms with Crippen LogP contribution in [0.25, 0.3) is 16.5 Å². The predicted octanol–water partition coefficient (Wildman–Crippen LogP) is 8.14. The second-order valence-corrected chi connectivity index (χ2v) is 12.2. The standard InChI is InChI=1S/C37H33F4N7O3/c1-2-3-15-51-36(50)46-34-28-18-27(11-9-24(28)13-14-43-34)48-31(19-32(47-48)37(39,40)41)35(49)45-30-17-26(10-12-29(30)38)33(44-21-22-7-8-22)25-6-4-5-23(16-25)20-42/h4-6,9-14,16-19,22,33,44H,2-3,7-8,15,21H2,1H3,(H,45,49)(H,43,46,50). The molecule has 1 fully saturated rings. The summed E-state index contributed by atoms with van der Waals surface area (Å²) >= 11 is 0. The highest BCUT2D eigenvalue weighted by Crippen LogP contribution is 2.33. The monoisotopic (exact) mass is 699 g/mol. The summed E-state index contributed by atoms with van der Waals surface area (Å²) in [7, 11) is 0. The molecule has 1 atom stereocenters. The lowest BCUT2D eigenvalue weighted by Crippen LogP contribution is -2.25. The molecule has 0 bridgehead atoms. The van der Waals surface area contributed by atoms with Crippen LogP contribution in [-0.4, -0.2) is 39.9 Å². The molecule has 3 aromatic carbocycles. The van der Waals surface area contributed by atoms with Crippen molar-refractivity contribution < 1.29 is 31.9 Å². The van der Waals surface area contributed by atoms with Crippen LogP contribution in [0, 0.1) is 23.1 Å². The average molecular weight is 700 g/mol. The van der Waals surface area contributed by atoms with Crippen LogP contribution in [-0.2, 0) is 10.9 Å². The Morgan fingerprint density at radius 3 is 2.59 bits per heavy atom. The van der Waals surface area contributed by atoms with Crippen molar-refractivity contribution >= 4 is 34.3 Å². The molecule has 0 radical (unpaired) electrons. The van der Waals surface area contributed by atoms with Crippen molar-refractivity contribution in [1.29, 1.82) is 5.26 Å². The van der Waals surface area contributed by atoms with Crippen LogP contribution in [0.15, 0.2) is 79.0 Å². The van der Waals surface area contributed by atoms with E-state index in [0.717, 1.165) is 29.5 Å². The van der Waals surface area contributed by atoms with Gasteiger partial charge in [-0.05, 0) is 90.7 Å². The molecular formula is C37H33F4N7O3. The van der Waals surface area contributed by atoms with Gasteiger partial charge in [0.2, 0.25) is 0 Å². The van der Waals surface area contributed by atoms with Crippen LogP contribution >= 0.6 is 0 Å². The number of hydrogen-bond donors (Lipinski definition) is 3. The van der Waals surface area contributed by atoms with Gasteiger partial charge in [0.15, 0.2) is 5.69 Å². The van der Waals surface area contributed by atoms with Crippen molar-refractivity contribution in [3.63, 3.8) is 0 Å². The quantitative estimate of drug-likeness (QED) is 0.0884. The van der Waals surface area contributed by atoms with E-state index < -0.39 is 41.4 Å². The number of nitriles is 1. The topological polar surface area (TPSA) is 134 Å². The molecule has 1 unspecified atom stereocenters. The largest absolute Gasteiger partial charge is 0.449 e. The number of halogens is 4. The Morgan fingerprint density at radius 1 is 1.04 bits per heavy atom. The molecule has 1 aliphatic carbocycles. The molecular weight excluding hydrogens is 666 g/mol. The number of amides is 2. The number of nitrogens with zero attached hydrogens (tertiary/aromatic N) is 4. The molecule has 262 valence electrons. The fourth-order valence-corrected chi connectivity index (χ4v) is 5.53. The minimum absolute atomic E-state index is 0.0505. The maximum Gasteiger partial charge on any atom is 0.435 e. The summed E-state index contributed by atoms with van der Waals surface area (Å²) in [6.45, 7) is 2.82. The summed E-state index contributed by atoms with van der Waals surface area (Å²) in [5.41, 5.74) is -0.308. The van der Waals surface area contributed by atoms with Gasteiger partial charge in [0.1, 0.15) is 17.3 Å². The number of anilines is 2. The van der Waals surface area contributed by atoms with Gasteiger partial charge in [0, 0.05) is 17.6 Å². The number of fused-ring (bicyclic) bond motifs is 1. The normalized spacial score (nSPS) is 13.4. The summed E-state index contributed by atoms with van der Waals surface area (Å²) in [6, 6.07) is 19.5. The van der Waals surface area contributed by atoms with Gasteiger partial charge in [0.05, 0.1) is 35.7 Å². The maximum atomic E-state index is 15.3. The lowest BCUT2D eigenvalue weighted by Gasteiger charge is -2.21. The summed E-state index contributed by atoms with van der Waals surface area (Å²) in [6.07, 6.45) is -0.573. The number of nitrogens with one attached hydrogen (secondary N) is 3. The SMILES string of the molecule is CCCCOC(=O)Nc1nccc2ccc(-n3nc(C(F)(F)F)cc3C(=O)Nc3cc(C(NCC4CC4)c4cccc(C#N)c4)ccc3F)cc12. The predicted molar refractivity (Wildman–Crippen MR) is 182 cm³/mol. The number of alkyl halides is 3. The Hall–Kier alpha value is -5.81. The fraction of sp³-hybridized carbons (Fsp3) is 0.270. The van der Waals surface area contributed by atoms with Gasteiger partial charge in [-0.3, -0.25) is 10.1 Å². The van der Waals surface area contributed by atoms with Crippen molar-refractivity contribution in [1.82, 2.24) is 20.1 Å². The highest BCUT2D eigenvalue weighted by Gasteiger charge is 2.36. The van der Waals surface area contributed by atoms with E-state index in [9.17, 15) is 28.0 Å². The van der Waals surface area contributed by atoms with Crippen molar-refractivity contribution in [2.75, 3.05) is 23.8 Å². The Labute approximate surface area is 290 Å². The lowest BCUT2D eigenvalue weighted by atomic mass is 9.96. The van der Waals surface area contributed by atoms with Gasteiger partial charge in [-0.15, -0.1) is 0 Å². The molecule has 2 amide bonds. The Balaban J connectivity index is 1.34. The van der Waals surface area contributed by atoms with E-state index in [0.29, 0.717) is 46.8 Å². The fourth-order valence-electron chi connectivity index (χ4n) is 5.53. The second-order valence-electron chi connectivity index (χ2n) is 12.2. The van der Waals surface area contributed by atoms with Crippen molar-refractivity contribution in [3.8, 4) is 11.8 Å². The molecule has 3 N–H and O–H groups in total. The van der Waals surface area contributed by atoms with Crippen LogP contribution in [0.2, 0.25) is 0 Å². The molecule has 5 aromatic rings. The molecule has 1 aliphatic rings. The lowest BCUT2D eigenvalue weighted by molar-refractivity contribution is -0.141. The Bertz CT molecular complexity index is 2120. The number of carbonyl (C=O) groups is 2. The van der Waals surface area contributed by atoms with Gasteiger partial charge in [-0.25, -0.2) is 18.9 Å². The highest BCUT2D eigenvalue weighted by molar-refractivity contribution is 6.04. The van der Waals surface area contributed by atoms with E-state index in [-0.39, 0.29) is 23.8 Å². The van der Waals surface area contributed by atoms with Gasteiger partial charge in [-0.2, -0.15) is 23.5 Å².